The van der Waals surface area contributed by atoms with Gasteiger partial charge in [-0.2, -0.15) is 13.2 Å². The van der Waals surface area contributed by atoms with Crippen molar-refractivity contribution in [3.63, 3.8) is 0 Å². The van der Waals surface area contributed by atoms with E-state index in [1.54, 1.807) is 6.07 Å². The Morgan fingerprint density at radius 1 is 1.12 bits per heavy atom. The molecule has 1 aromatic carbocycles. The SMILES string of the molecule is [B]N(C(=O)c1ccccc1)C(=O)C(F)(F)F. The Morgan fingerprint density at radius 2 is 1.62 bits per heavy atom. The second-order valence-corrected chi connectivity index (χ2v) is 2.84. The lowest BCUT2D eigenvalue weighted by Crippen LogP contribution is -2.43. The Labute approximate surface area is 90.3 Å². The van der Waals surface area contributed by atoms with E-state index in [2.05, 4.69) is 0 Å². The molecule has 0 fully saturated rings. The molecule has 0 unspecified atom stereocenters. The molecule has 0 saturated carbocycles. The third-order valence-corrected chi connectivity index (χ3v) is 1.70. The second-order valence-electron chi connectivity index (χ2n) is 2.84. The third-order valence-electron chi connectivity index (χ3n) is 1.70. The smallest absolute Gasteiger partial charge is 0.329 e. The van der Waals surface area contributed by atoms with E-state index in [1.165, 1.54) is 24.3 Å². The van der Waals surface area contributed by atoms with Gasteiger partial charge in [-0.25, -0.2) is 0 Å². The minimum absolute atomic E-state index is 0.0948. The maximum Gasteiger partial charge on any atom is 0.470 e. The van der Waals surface area contributed by atoms with Crippen molar-refractivity contribution in [3.8, 4) is 0 Å². The molecule has 0 N–H and O–H groups in total. The summed E-state index contributed by atoms with van der Waals surface area (Å²) in [5.41, 5.74) is -0.0948. The Bertz CT molecular complexity index is 405. The number of alkyl halides is 3. The van der Waals surface area contributed by atoms with Crippen LogP contribution in [0.15, 0.2) is 30.3 Å². The molecule has 7 heteroatoms. The molecule has 0 aliphatic carbocycles. The average Bonchev–Trinajstić information content (AvgIpc) is 2.26. The zero-order chi connectivity index (χ0) is 12.3. The van der Waals surface area contributed by atoms with E-state index in [1.807, 2.05) is 0 Å². The highest BCUT2D eigenvalue weighted by molar-refractivity contribution is 6.28. The van der Waals surface area contributed by atoms with Gasteiger partial charge in [0.1, 0.15) is 0 Å². The van der Waals surface area contributed by atoms with E-state index >= 15 is 0 Å². The molecular weight excluding hydrogens is 222 g/mol. The summed E-state index contributed by atoms with van der Waals surface area (Å²) >= 11 is 0. The van der Waals surface area contributed by atoms with Gasteiger partial charge in [0.25, 0.3) is 0 Å². The van der Waals surface area contributed by atoms with E-state index in [9.17, 15) is 22.8 Å². The summed E-state index contributed by atoms with van der Waals surface area (Å²) in [7, 11) is 4.79. The molecule has 16 heavy (non-hydrogen) atoms. The number of nitrogens with zero attached hydrogens (tertiary/aromatic N) is 1. The normalized spacial score (nSPS) is 10.9. The fourth-order valence-corrected chi connectivity index (χ4v) is 0.949. The highest BCUT2D eigenvalue weighted by Gasteiger charge is 2.42. The number of imide groups is 1. The number of benzene rings is 1. The highest BCUT2D eigenvalue weighted by Crippen LogP contribution is 2.18. The van der Waals surface area contributed by atoms with Crippen LogP contribution in [0.4, 0.5) is 13.2 Å². The lowest BCUT2D eigenvalue weighted by atomic mass is 10.1. The topological polar surface area (TPSA) is 37.4 Å². The summed E-state index contributed by atoms with van der Waals surface area (Å²) in [5.74, 6) is -3.61. The summed E-state index contributed by atoms with van der Waals surface area (Å²) in [6.07, 6.45) is -5.17. The van der Waals surface area contributed by atoms with Crippen LogP contribution in [0.2, 0.25) is 0 Å². The fraction of sp³-hybridized carbons (Fsp3) is 0.111. The lowest BCUT2D eigenvalue weighted by Gasteiger charge is -2.17. The zero-order valence-corrected chi connectivity index (χ0v) is 7.86. The van der Waals surface area contributed by atoms with Gasteiger partial charge in [0.15, 0.2) is 0 Å². The molecule has 2 amide bonds. The minimum Gasteiger partial charge on any atom is -0.329 e. The first-order valence-corrected chi connectivity index (χ1v) is 4.09. The van der Waals surface area contributed by atoms with E-state index in [0.29, 0.717) is 0 Å². The van der Waals surface area contributed by atoms with E-state index < -0.39 is 22.8 Å². The summed E-state index contributed by atoms with van der Waals surface area (Å²) in [5, 5.41) is 0. The molecule has 1 rings (SSSR count). The monoisotopic (exact) mass is 227 g/mol. The Kier molecular flexibility index (Phi) is 3.36. The Balaban J connectivity index is 2.88. The van der Waals surface area contributed by atoms with Crippen molar-refractivity contribution in [1.82, 2.24) is 4.81 Å². The maximum absolute atomic E-state index is 12.0. The van der Waals surface area contributed by atoms with Crippen molar-refractivity contribution in [2.45, 2.75) is 6.18 Å². The van der Waals surface area contributed by atoms with Crippen molar-refractivity contribution in [2.75, 3.05) is 0 Å². The molecule has 0 spiro atoms. The first kappa shape index (κ1) is 12.3. The van der Waals surface area contributed by atoms with Gasteiger partial charge in [0.05, 0.1) is 0 Å². The predicted octanol–water partition coefficient (Wildman–Crippen LogP) is 1.30. The fourth-order valence-electron chi connectivity index (χ4n) is 0.949. The lowest BCUT2D eigenvalue weighted by molar-refractivity contribution is -0.178. The van der Waals surface area contributed by atoms with Gasteiger partial charge in [-0.05, 0) is 12.1 Å². The van der Waals surface area contributed by atoms with Crippen LogP contribution in [0.25, 0.3) is 0 Å². The standard InChI is InChI=1S/C9H5BF3NO2/c10-14(8(16)9(11,12)13)7(15)6-4-2-1-3-5-6/h1-5H. The number of carbonyl (C=O) groups excluding carboxylic acids is 2. The van der Waals surface area contributed by atoms with Crippen molar-refractivity contribution in [3.05, 3.63) is 35.9 Å². The van der Waals surface area contributed by atoms with E-state index in [4.69, 9.17) is 7.98 Å². The summed E-state index contributed by atoms with van der Waals surface area (Å²) in [4.78, 5) is 21.5. The molecule has 0 bridgehead atoms. The van der Waals surface area contributed by atoms with Crippen molar-refractivity contribution in [1.29, 1.82) is 0 Å². The largest absolute Gasteiger partial charge is 0.470 e. The number of carbonyl (C=O) groups is 2. The van der Waals surface area contributed by atoms with Crippen molar-refractivity contribution in [2.24, 2.45) is 0 Å². The average molecular weight is 227 g/mol. The van der Waals surface area contributed by atoms with Crippen LogP contribution in [0.5, 0.6) is 0 Å². The highest BCUT2D eigenvalue weighted by atomic mass is 19.4. The van der Waals surface area contributed by atoms with Crippen LogP contribution in [0.3, 0.4) is 0 Å². The molecule has 0 heterocycles. The first-order chi connectivity index (χ1) is 7.34. The number of hydrogen-bond acceptors (Lipinski definition) is 2. The molecular formula is C9H5BF3NO2. The summed E-state index contributed by atoms with van der Waals surface area (Å²) < 4.78 is 35.9. The van der Waals surface area contributed by atoms with E-state index in [-0.39, 0.29) is 5.56 Å². The zero-order valence-electron chi connectivity index (χ0n) is 7.86. The third kappa shape index (κ3) is 2.62. The molecule has 0 aromatic heterocycles. The van der Waals surface area contributed by atoms with Crippen LogP contribution < -0.4 is 0 Å². The van der Waals surface area contributed by atoms with Gasteiger partial charge >= 0.3 is 12.1 Å². The van der Waals surface area contributed by atoms with Crippen molar-refractivity contribution >= 4 is 19.8 Å². The van der Waals surface area contributed by atoms with Gasteiger partial charge < -0.3 is 4.81 Å². The number of rotatable bonds is 1. The Hall–Kier alpha value is -1.79. The second kappa shape index (κ2) is 4.38. The molecule has 0 aliphatic heterocycles. The van der Waals surface area contributed by atoms with Crippen LogP contribution in [-0.2, 0) is 4.79 Å². The number of amides is 2. The first-order valence-electron chi connectivity index (χ1n) is 4.09. The van der Waals surface area contributed by atoms with Gasteiger partial charge in [-0.3, -0.25) is 9.59 Å². The van der Waals surface area contributed by atoms with Gasteiger partial charge in [0, 0.05) is 5.56 Å². The molecule has 0 atom stereocenters. The maximum atomic E-state index is 12.0. The Morgan fingerprint density at radius 3 is 2.06 bits per heavy atom. The van der Waals surface area contributed by atoms with E-state index in [0.717, 1.165) is 0 Å². The van der Waals surface area contributed by atoms with Crippen LogP contribution in [-0.4, -0.2) is 30.8 Å². The number of hydrogen-bond donors (Lipinski definition) is 0. The van der Waals surface area contributed by atoms with Crippen LogP contribution in [0.1, 0.15) is 10.4 Å². The molecule has 3 nitrogen and oxygen atoms in total. The van der Waals surface area contributed by atoms with Crippen LogP contribution in [0, 0.1) is 0 Å². The molecule has 0 saturated heterocycles. The van der Waals surface area contributed by atoms with Gasteiger partial charge in [0.2, 0.25) is 13.9 Å². The molecule has 2 radical (unpaired) electrons. The number of halogens is 3. The van der Waals surface area contributed by atoms with Gasteiger partial charge in [-0.1, -0.05) is 18.2 Å². The van der Waals surface area contributed by atoms with Crippen LogP contribution >= 0.6 is 0 Å². The minimum atomic E-state index is -5.17. The summed E-state index contributed by atoms with van der Waals surface area (Å²) in [6, 6.07) is 6.97. The molecule has 0 aliphatic rings. The van der Waals surface area contributed by atoms with Crippen molar-refractivity contribution < 1.29 is 22.8 Å². The predicted molar refractivity (Wildman–Crippen MR) is 49.4 cm³/mol. The quantitative estimate of drug-likeness (QED) is 0.678. The van der Waals surface area contributed by atoms with Gasteiger partial charge in [-0.15, -0.1) is 0 Å². The molecule has 1 aromatic rings. The molecule has 82 valence electrons. The summed E-state index contributed by atoms with van der Waals surface area (Å²) in [6.45, 7) is 0.